The topological polar surface area (TPSA) is 33.6 Å². The molecule has 1 rings (SSSR count). The van der Waals surface area contributed by atoms with Crippen molar-refractivity contribution in [1.29, 1.82) is 0 Å². The Morgan fingerprint density at radius 2 is 2.08 bits per heavy atom. The van der Waals surface area contributed by atoms with E-state index < -0.39 is 0 Å². The molecule has 1 aliphatic heterocycles. The molecule has 4 unspecified atom stereocenters. The number of rotatable bonds is 2. The summed E-state index contributed by atoms with van der Waals surface area (Å²) in [6.07, 6.45) is 0.167. The fourth-order valence-electron chi connectivity index (χ4n) is 0.976. The Morgan fingerprint density at radius 3 is 2.46 bits per heavy atom. The number of nitrogens with one attached hydrogen (secondary N) is 1. The first kappa shape index (κ1) is 10.6. The molecule has 13 heavy (non-hydrogen) atoms. The van der Waals surface area contributed by atoms with E-state index >= 15 is 0 Å². The smallest absolute Gasteiger partial charge is 0.285 e. The van der Waals surface area contributed by atoms with Gasteiger partial charge in [-0.2, -0.15) is 0 Å². The molecule has 1 N–H and O–H groups in total. The Hall–Kier alpha value is -0.440. The third-order valence-electron chi connectivity index (χ3n) is 2.34. The number of halogens is 1. The van der Waals surface area contributed by atoms with Gasteiger partial charge in [0.05, 0.1) is 11.4 Å². The van der Waals surface area contributed by atoms with Crippen LogP contribution in [0.5, 0.6) is 0 Å². The number of hydrogen-bond donors (Lipinski definition) is 1. The van der Waals surface area contributed by atoms with Gasteiger partial charge in [-0.25, -0.2) is 4.99 Å². The molecule has 0 fully saturated rings. The molecule has 4 atom stereocenters. The first-order valence-corrected chi connectivity index (χ1v) is 5.09. The van der Waals surface area contributed by atoms with E-state index in [0.717, 1.165) is 0 Å². The summed E-state index contributed by atoms with van der Waals surface area (Å²) in [5, 5.41) is 3.20. The number of nitrogens with zero attached hydrogens (tertiary/aromatic N) is 1. The van der Waals surface area contributed by atoms with Gasteiger partial charge in [0.25, 0.3) is 6.02 Å². The minimum absolute atomic E-state index is 0.0671. The molecule has 0 saturated carbocycles. The Balaban J connectivity index is 2.43. The summed E-state index contributed by atoms with van der Waals surface area (Å²) in [7, 11) is 0. The van der Waals surface area contributed by atoms with Gasteiger partial charge in [0.1, 0.15) is 6.10 Å². The molecule has 0 aromatic rings. The highest BCUT2D eigenvalue weighted by atomic mass is 35.5. The zero-order valence-corrected chi connectivity index (χ0v) is 9.30. The second-order valence-electron chi connectivity index (χ2n) is 3.61. The minimum Gasteiger partial charge on any atom is -0.460 e. The highest BCUT2D eigenvalue weighted by Crippen LogP contribution is 2.12. The van der Waals surface area contributed by atoms with Crippen molar-refractivity contribution < 1.29 is 4.74 Å². The molecule has 3 nitrogen and oxygen atoms in total. The van der Waals surface area contributed by atoms with Crippen LogP contribution in [0.2, 0.25) is 0 Å². The lowest BCUT2D eigenvalue weighted by Crippen LogP contribution is -2.38. The second-order valence-corrected chi connectivity index (χ2v) is 4.30. The van der Waals surface area contributed by atoms with E-state index in [2.05, 4.69) is 10.3 Å². The summed E-state index contributed by atoms with van der Waals surface area (Å²) in [6.45, 7) is 8.00. The molecular weight excluding hydrogens is 188 g/mol. The van der Waals surface area contributed by atoms with Crippen LogP contribution in [0.25, 0.3) is 0 Å². The van der Waals surface area contributed by atoms with E-state index in [0.29, 0.717) is 6.02 Å². The summed E-state index contributed by atoms with van der Waals surface area (Å²) in [5.41, 5.74) is 0. The average Bonchev–Trinajstić information content (AvgIpc) is 2.31. The summed E-state index contributed by atoms with van der Waals surface area (Å²) in [6, 6.07) is 1.04. The van der Waals surface area contributed by atoms with Crippen LogP contribution < -0.4 is 5.32 Å². The molecule has 0 saturated heterocycles. The molecule has 1 aliphatic rings. The minimum atomic E-state index is 0.0671. The average molecular weight is 205 g/mol. The molecule has 0 spiro atoms. The van der Waals surface area contributed by atoms with Crippen molar-refractivity contribution in [3.63, 3.8) is 0 Å². The van der Waals surface area contributed by atoms with Crippen LogP contribution in [0.3, 0.4) is 0 Å². The van der Waals surface area contributed by atoms with Gasteiger partial charge in [0.2, 0.25) is 0 Å². The third kappa shape index (κ3) is 2.76. The SMILES string of the molecule is CC(Cl)C(C)NC1=NC(C)C(C)O1. The lowest BCUT2D eigenvalue weighted by molar-refractivity contribution is 0.208. The molecule has 4 heteroatoms. The number of aliphatic imine (C=N–C) groups is 1. The van der Waals surface area contributed by atoms with Crippen molar-refractivity contribution >= 4 is 17.6 Å². The van der Waals surface area contributed by atoms with E-state index in [-0.39, 0.29) is 23.6 Å². The number of ether oxygens (including phenoxy) is 1. The summed E-state index contributed by atoms with van der Waals surface area (Å²) in [5.74, 6) is 0. The molecular formula is C9H17ClN2O. The first-order valence-electron chi connectivity index (χ1n) is 4.65. The van der Waals surface area contributed by atoms with Gasteiger partial charge in [-0.05, 0) is 27.7 Å². The van der Waals surface area contributed by atoms with Crippen molar-refractivity contribution in [3.8, 4) is 0 Å². The van der Waals surface area contributed by atoms with Crippen LogP contribution in [0.1, 0.15) is 27.7 Å². The Morgan fingerprint density at radius 1 is 1.46 bits per heavy atom. The lowest BCUT2D eigenvalue weighted by Gasteiger charge is -2.16. The molecule has 76 valence electrons. The van der Waals surface area contributed by atoms with Crippen LogP contribution in [-0.4, -0.2) is 29.6 Å². The molecule has 1 heterocycles. The van der Waals surface area contributed by atoms with Crippen molar-refractivity contribution in [1.82, 2.24) is 5.32 Å². The summed E-state index contributed by atoms with van der Waals surface area (Å²) in [4.78, 5) is 4.32. The Kier molecular flexibility index (Phi) is 3.42. The molecule has 0 aliphatic carbocycles. The van der Waals surface area contributed by atoms with Crippen LogP contribution in [-0.2, 0) is 4.74 Å². The van der Waals surface area contributed by atoms with Crippen LogP contribution in [0.4, 0.5) is 0 Å². The van der Waals surface area contributed by atoms with Crippen molar-refractivity contribution in [3.05, 3.63) is 0 Å². The van der Waals surface area contributed by atoms with Crippen molar-refractivity contribution in [2.24, 2.45) is 4.99 Å². The lowest BCUT2D eigenvalue weighted by atomic mass is 10.2. The maximum absolute atomic E-state index is 5.91. The highest BCUT2D eigenvalue weighted by Gasteiger charge is 2.24. The molecule has 0 bridgehead atoms. The van der Waals surface area contributed by atoms with Crippen molar-refractivity contribution in [2.75, 3.05) is 0 Å². The Labute approximate surface area is 84.5 Å². The zero-order valence-electron chi connectivity index (χ0n) is 8.54. The molecule has 0 radical (unpaired) electrons. The summed E-state index contributed by atoms with van der Waals surface area (Å²) >= 11 is 5.91. The third-order valence-corrected chi connectivity index (χ3v) is 2.72. The first-order chi connectivity index (χ1) is 6.00. The number of hydrogen-bond acceptors (Lipinski definition) is 3. The van der Waals surface area contributed by atoms with Crippen LogP contribution in [0.15, 0.2) is 4.99 Å². The molecule has 0 aromatic heterocycles. The van der Waals surface area contributed by atoms with Gasteiger partial charge in [0.15, 0.2) is 0 Å². The van der Waals surface area contributed by atoms with E-state index in [4.69, 9.17) is 16.3 Å². The number of alkyl halides is 1. The number of amidine groups is 1. The summed E-state index contributed by atoms with van der Waals surface area (Å²) < 4.78 is 5.47. The van der Waals surface area contributed by atoms with E-state index in [1.54, 1.807) is 0 Å². The maximum Gasteiger partial charge on any atom is 0.285 e. The highest BCUT2D eigenvalue weighted by molar-refractivity contribution is 6.20. The fraction of sp³-hybridized carbons (Fsp3) is 0.889. The van der Waals surface area contributed by atoms with Gasteiger partial charge in [-0.1, -0.05) is 0 Å². The predicted molar refractivity (Wildman–Crippen MR) is 55.4 cm³/mol. The van der Waals surface area contributed by atoms with E-state index in [1.807, 2.05) is 27.7 Å². The maximum atomic E-state index is 5.91. The quantitative estimate of drug-likeness (QED) is 0.696. The molecule has 0 amide bonds. The second kappa shape index (κ2) is 4.18. The standard InChI is InChI=1S/C9H17ClN2O/c1-5(10)6(2)11-9-12-7(3)8(4)13-9/h5-8H,1-4H3,(H,11,12). The fourth-order valence-corrected chi connectivity index (χ4v) is 1.04. The normalized spacial score (nSPS) is 31.9. The zero-order chi connectivity index (χ0) is 10.0. The van der Waals surface area contributed by atoms with Gasteiger partial charge < -0.3 is 10.1 Å². The Bertz CT molecular complexity index is 206. The van der Waals surface area contributed by atoms with E-state index in [9.17, 15) is 0 Å². The van der Waals surface area contributed by atoms with Gasteiger partial charge in [-0.3, -0.25) is 0 Å². The monoisotopic (exact) mass is 204 g/mol. The van der Waals surface area contributed by atoms with Crippen molar-refractivity contribution in [2.45, 2.75) is 51.3 Å². The van der Waals surface area contributed by atoms with E-state index in [1.165, 1.54) is 0 Å². The largest absolute Gasteiger partial charge is 0.460 e. The van der Waals surface area contributed by atoms with Crippen LogP contribution in [0, 0.1) is 0 Å². The molecule has 0 aromatic carbocycles. The van der Waals surface area contributed by atoms with Gasteiger partial charge in [-0.15, -0.1) is 11.6 Å². The van der Waals surface area contributed by atoms with Gasteiger partial charge in [0, 0.05) is 6.04 Å². The van der Waals surface area contributed by atoms with Gasteiger partial charge >= 0.3 is 0 Å². The predicted octanol–water partition coefficient (Wildman–Crippen LogP) is 1.76. The van der Waals surface area contributed by atoms with Crippen LogP contribution >= 0.6 is 11.6 Å².